The third-order valence-electron chi connectivity index (χ3n) is 3.48. The Labute approximate surface area is 109 Å². The Morgan fingerprint density at radius 1 is 1.41 bits per heavy atom. The van der Waals surface area contributed by atoms with Gasteiger partial charge in [0.2, 0.25) is 0 Å². The molecular formula is C13H20ClNO2. The van der Waals surface area contributed by atoms with Crippen molar-refractivity contribution < 1.29 is 9.84 Å². The second-order valence-electron chi connectivity index (χ2n) is 4.49. The van der Waals surface area contributed by atoms with Crippen molar-refractivity contribution in [3.05, 3.63) is 29.8 Å². The van der Waals surface area contributed by atoms with Crippen LogP contribution >= 0.6 is 12.4 Å². The number of benzene rings is 1. The second-order valence-corrected chi connectivity index (χ2v) is 4.49. The second kappa shape index (κ2) is 5.71. The minimum atomic E-state index is -0.398. The normalized spacial score (nSPS) is 28.3. The van der Waals surface area contributed by atoms with E-state index >= 15 is 0 Å². The first-order chi connectivity index (χ1) is 7.68. The number of methoxy groups -OCH3 is 1. The number of rotatable bonds is 2. The zero-order valence-electron chi connectivity index (χ0n) is 10.3. The number of ether oxygens (including phenoxy) is 1. The maximum Gasteiger partial charge on any atom is 0.124 e. The van der Waals surface area contributed by atoms with Crippen molar-refractivity contribution in [2.45, 2.75) is 31.4 Å². The zero-order valence-corrected chi connectivity index (χ0v) is 11.1. The maximum atomic E-state index is 10.2. The summed E-state index contributed by atoms with van der Waals surface area (Å²) in [7, 11) is 1.66. The van der Waals surface area contributed by atoms with Crippen molar-refractivity contribution in [3.8, 4) is 5.75 Å². The molecule has 0 aliphatic carbocycles. The fourth-order valence-corrected chi connectivity index (χ4v) is 2.40. The molecule has 1 aromatic carbocycles. The highest BCUT2D eigenvalue weighted by Gasteiger charge is 2.38. The standard InChI is InChI=1S/C13H19NO2.ClH/c1-13(12(15)8-5-9-14-13)10-6-3-4-7-11(10)16-2;/h3-4,6-7,12,14-15H,5,8-9H2,1-2H3;1H. The molecule has 4 heteroatoms. The van der Waals surface area contributed by atoms with Gasteiger partial charge in [-0.15, -0.1) is 12.4 Å². The number of piperidine rings is 1. The van der Waals surface area contributed by atoms with Gasteiger partial charge in [0.05, 0.1) is 18.8 Å². The minimum Gasteiger partial charge on any atom is -0.496 e. The highest BCUT2D eigenvalue weighted by molar-refractivity contribution is 5.85. The molecule has 1 aliphatic rings. The van der Waals surface area contributed by atoms with E-state index in [0.29, 0.717) is 0 Å². The van der Waals surface area contributed by atoms with E-state index in [1.807, 2.05) is 31.2 Å². The summed E-state index contributed by atoms with van der Waals surface area (Å²) in [4.78, 5) is 0. The van der Waals surface area contributed by atoms with Crippen molar-refractivity contribution in [3.63, 3.8) is 0 Å². The van der Waals surface area contributed by atoms with Crippen LogP contribution in [0.25, 0.3) is 0 Å². The quantitative estimate of drug-likeness (QED) is 0.852. The van der Waals surface area contributed by atoms with E-state index < -0.39 is 5.54 Å². The Bertz CT molecular complexity index is 372. The molecule has 1 fully saturated rings. The Hall–Kier alpha value is -0.770. The fraction of sp³-hybridized carbons (Fsp3) is 0.538. The lowest BCUT2D eigenvalue weighted by atomic mass is 9.81. The Morgan fingerprint density at radius 2 is 2.12 bits per heavy atom. The van der Waals surface area contributed by atoms with E-state index in [4.69, 9.17) is 4.74 Å². The van der Waals surface area contributed by atoms with Gasteiger partial charge < -0.3 is 15.2 Å². The van der Waals surface area contributed by atoms with E-state index in [2.05, 4.69) is 5.32 Å². The molecule has 0 bridgehead atoms. The summed E-state index contributed by atoms with van der Waals surface area (Å²) < 4.78 is 5.36. The van der Waals surface area contributed by atoms with Crippen LogP contribution in [-0.4, -0.2) is 24.9 Å². The predicted octanol–water partition coefficient (Wildman–Crippen LogP) is 2.08. The van der Waals surface area contributed by atoms with Gasteiger partial charge in [0.15, 0.2) is 0 Å². The van der Waals surface area contributed by atoms with E-state index in [-0.39, 0.29) is 18.5 Å². The smallest absolute Gasteiger partial charge is 0.124 e. The topological polar surface area (TPSA) is 41.5 Å². The molecule has 0 aromatic heterocycles. The van der Waals surface area contributed by atoms with Gasteiger partial charge in [-0.05, 0) is 32.4 Å². The van der Waals surface area contributed by atoms with Crippen LogP contribution in [-0.2, 0) is 5.54 Å². The van der Waals surface area contributed by atoms with Crippen molar-refractivity contribution in [2.24, 2.45) is 0 Å². The van der Waals surface area contributed by atoms with Crippen molar-refractivity contribution >= 4 is 12.4 Å². The predicted molar refractivity (Wildman–Crippen MR) is 70.8 cm³/mol. The van der Waals surface area contributed by atoms with Crippen LogP contribution in [0.1, 0.15) is 25.3 Å². The lowest BCUT2D eigenvalue weighted by Gasteiger charge is -2.40. The molecule has 0 radical (unpaired) electrons. The van der Waals surface area contributed by atoms with Crippen LogP contribution < -0.4 is 10.1 Å². The third kappa shape index (κ3) is 2.57. The van der Waals surface area contributed by atoms with Gasteiger partial charge in [-0.1, -0.05) is 18.2 Å². The Morgan fingerprint density at radius 3 is 2.76 bits per heavy atom. The number of aliphatic hydroxyl groups excluding tert-OH is 1. The van der Waals surface area contributed by atoms with Gasteiger partial charge in [-0.3, -0.25) is 0 Å². The number of hydrogen-bond donors (Lipinski definition) is 2. The summed E-state index contributed by atoms with van der Waals surface area (Å²) >= 11 is 0. The molecule has 0 spiro atoms. The van der Waals surface area contributed by atoms with Gasteiger partial charge in [-0.25, -0.2) is 0 Å². The van der Waals surface area contributed by atoms with Crippen molar-refractivity contribution in [1.29, 1.82) is 0 Å². The molecule has 17 heavy (non-hydrogen) atoms. The number of para-hydroxylation sites is 1. The third-order valence-corrected chi connectivity index (χ3v) is 3.48. The number of nitrogens with one attached hydrogen (secondary N) is 1. The largest absolute Gasteiger partial charge is 0.496 e. The van der Waals surface area contributed by atoms with Crippen LogP contribution in [0.2, 0.25) is 0 Å². The van der Waals surface area contributed by atoms with Crippen LogP contribution in [0.3, 0.4) is 0 Å². The van der Waals surface area contributed by atoms with Crippen LogP contribution in [0.15, 0.2) is 24.3 Å². The summed E-state index contributed by atoms with van der Waals surface area (Å²) in [6.45, 7) is 2.97. The van der Waals surface area contributed by atoms with Crippen molar-refractivity contribution in [1.82, 2.24) is 5.32 Å². The van der Waals surface area contributed by atoms with E-state index in [1.165, 1.54) is 0 Å². The average molecular weight is 258 g/mol. The molecule has 3 nitrogen and oxygen atoms in total. The maximum absolute atomic E-state index is 10.2. The van der Waals surface area contributed by atoms with Gasteiger partial charge in [0.25, 0.3) is 0 Å². The van der Waals surface area contributed by atoms with E-state index in [9.17, 15) is 5.11 Å². The van der Waals surface area contributed by atoms with E-state index in [0.717, 1.165) is 30.7 Å². The lowest BCUT2D eigenvalue weighted by Crippen LogP contribution is -2.53. The molecule has 1 aliphatic heterocycles. The van der Waals surface area contributed by atoms with Gasteiger partial charge in [0, 0.05) is 5.56 Å². The van der Waals surface area contributed by atoms with Crippen LogP contribution in [0, 0.1) is 0 Å². The van der Waals surface area contributed by atoms with Gasteiger partial charge >= 0.3 is 0 Å². The summed E-state index contributed by atoms with van der Waals surface area (Å²) in [5.41, 5.74) is 0.634. The molecule has 96 valence electrons. The summed E-state index contributed by atoms with van der Waals surface area (Å²) in [6.07, 6.45) is 1.49. The van der Waals surface area contributed by atoms with Crippen LogP contribution in [0.4, 0.5) is 0 Å². The molecule has 1 saturated heterocycles. The average Bonchev–Trinajstić information content (AvgIpc) is 2.33. The zero-order chi connectivity index (χ0) is 11.6. The fourth-order valence-electron chi connectivity index (χ4n) is 2.40. The first-order valence-corrected chi connectivity index (χ1v) is 5.75. The van der Waals surface area contributed by atoms with Gasteiger partial charge in [-0.2, -0.15) is 0 Å². The molecule has 1 heterocycles. The minimum absolute atomic E-state index is 0. The number of aliphatic hydroxyl groups is 1. The molecule has 0 saturated carbocycles. The number of halogens is 1. The monoisotopic (exact) mass is 257 g/mol. The van der Waals surface area contributed by atoms with Crippen LogP contribution in [0.5, 0.6) is 5.75 Å². The first-order valence-electron chi connectivity index (χ1n) is 5.75. The highest BCUT2D eigenvalue weighted by atomic mass is 35.5. The molecule has 1 aromatic rings. The molecule has 2 N–H and O–H groups in total. The summed E-state index contributed by atoms with van der Waals surface area (Å²) in [5, 5.41) is 13.6. The van der Waals surface area contributed by atoms with E-state index in [1.54, 1.807) is 7.11 Å². The molecule has 2 rings (SSSR count). The van der Waals surface area contributed by atoms with Crippen molar-refractivity contribution in [2.75, 3.05) is 13.7 Å². The summed E-state index contributed by atoms with van der Waals surface area (Å²) in [6, 6.07) is 7.87. The molecule has 0 amide bonds. The molecule has 2 unspecified atom stereocenters. The SMILES string of the molecule is COc1ccccc1C1(C)NCCCC1O.Cl. The van der Waals surface area contributed by atoms with Gasteiger partial charge in [0.1, 0.15) is 5.75 Å². The number of hydrogen-bond acceptors (Lipinski definition) is 3. The first kappa shape index (κ1) is 14.3. The lowest BCUT2D eigenvalue weighted by molar-refractivity contribution is 0.0371. The Balaban J connectivity index is 0.00000144. The Kier molecular flexibility index (Phi) is 4.80. The summed E-state index contributed by atoms with van der Waals surface area (Å²) in [5.74, 6) is 0.832. The molecule has 2 atom stereocenters. The molecular weight excluding hydrogens is 238 g/mol. The highest BCUT2D eigenvalue weighted by Crippen LogP contribution is 2.35.